The van der Waals surface area contributed by atoms with Crippen LogP contribution >= 0.6 is 0 Å². The fraction of sp³-hybridized carbons (Fsp3) is 0.375. The van der Waals surface area contributed by atoms with Gasteiger partial charge in [0, 0.05) is 18.1 Å². The average Bonchev–Trinajstić information content (AvgIpc) is 3.09. The molecule has 1 N–H and O–H groups in total. The normalized spacial score (nSPS) is 9.68. The van der Waals surface area contributed by atoms with Crippen LogP contribution in [-0.2, 0) is 6.42 Å². The Balaban J connectivity index is 0.000000921. The summed E-state index contributed by atoms with van der Waals surface area (Å²) in [5.41, 5.74) is 3.90. The van der Waals surface area contributed by atoms with E-state index in [0.717, 1.165) is 22.6 Å². The molecule has 1 heterocycles. The zero-order valence-corrected chi connectivity index (χ0v) is 18.2. The summed E-state index contributed by atoms with van der Waals surface area (Å²) < 4.78 is 11.5. The van der Waals surface area contributed by atoms with E-state index in [0.29, 0.717) is 24.7 Å². The van der Waals surface area contributed by atoms with Gasteiger partial charge in [0.2, 0.25) is 5.89 Å². The van der Waals surface area contributed by atoms with E-state index in [2.05, 4.69) is 11.9 Å². The Hall–Kier alpha value is -2.75. The Labute approximate surface area is 169 Å². The quantitative estimate of drug-likeness (QED) is 0.536. The van der Waals surface area contributed by atoms with Crippen LogP contribution in [-0.4, -0.2) is 16.7 Å². The van der Waals surface area contributed by atoms with Gasteiger partial charge in [-0.1, -0.05) is 51.5 Å². The molecule has 4 heteroatoms. The van der Waals surface area contributed by atoms with Crippen LogP contribution in [0.4, 0.5) is 0 Å². The topological polar surface area (TPSA) is 55.5 Å². The van der Waals surface area contributed by atoms with Gasteiger partial charge in [-0.2, -0.15) is 0 Å². The molecule has 0 aliphatic rings. The SMILES string of the molecule is CC.CC.Cc1ccc(-c2nc(CCOc3ccc(C)c(O)c3)c(C)o2)cc1. The molecule has 4 nitrogen and oxygen atoms in total. The van der Waals surface area contributed by atoms with Gasteiger partial charge >= 0.3 is 0 Å². The lowest BCUT2D eigenvalue weighted by Gasteiger charge is -2.06. The molecule has 2 aromatic carbocycles. The standard InChI is InChI=1S/C20H21NO3.2C2H6/c1-13-4-7-16(8-5-13)20-21-18(15(3)24-20)10-11-23-17-9-6-14(2)19(22)12-17;2*1-2/h4-9,12,22H,10-11H2,1-3H3;2*1-2H3. The highest BCUT2D eigenvalue weighted by Crippen LogP contribution is 2.24. The molecule has 0 atom stereocenters. The Kier molecular flexibility index (Phi) is 9.86. The molecule has 0 aliphatic heterocycles. The molecule has 0 radical (unpaired) electrons. The van der Waals surface area contributed by atoms with Gasteiger partial charge < -0.3 is 14.3 Å². The van der Waals surface area contributed by atoms with Crippen molar-refractivity contribution in [3.05, 3.63) is 65.0 Å². The van der Waals surface area contributed by atoms with Crippen molar-refractivity contribution in [3.63, 3.8) is 0 Å². The molecule has 3 rings (SSSR count). The number of rotatable bonds is 5. The molecule has 0 aliphatic carbocycles. The first-order valence-electron chi connectivity index (χ1n) is 9.98. The Bertz CT molecular complexity index is 836. The summed E-state index contributed by atoms with van der Waals surface area (Å²) in [6.07, 6.45) is 0.649. The van der Waals surface area contributed by atoms with Crippen molar-refractivity contribution in [3.8, 4) is 23.0 Å². The van der Waals surface area contributed by atoms with Gasteiger partial charge in [0.1, 0.15) is 17.3 Å². The Morgan fingerprint density at radius 3 is 2.18 bits per heavy atom. The van der Waals surface area contributed by atoms with Gasteiger partial charge in [0.15, 0.2) is 0 Å². The van der Waals surface area contributed by atoms with Crippen molar-refractivity contribution in [2.24, 2.45) is 0 Å². The van der Waals surface area contributed by atoms with Gasteiger partial charge in [-0.25, -0.2) is 4.98 Å². The third kappa shape index (κ3) is 6.45. The number of aryl methyl sites for hydroxylation is 3. The summed E-state index contributed by atoms with van der Waals surface area (Å²) in [6, 6.07) is 13.4. The number of nitrogens with zero attached hydrogens (tertiary/aromatic N) is 1. The minimum Gasteiger partial charge on any atom is -0.508 e. The molecule has 0 saturated carbocycles. The number of phenolic OH excluding ortho intramolecular Hbond substituents is 1. The van der Waals surface area contributed by atoms with Crippen LogP contribution < -0.4 is 4.74 Å². The van der Waals surface area contributed by atoms with Crippen molar-refractivity contribution >= 4 is 0 Å². The van der Waals surface area contributed by atoms with E-state index in [9.17, 15) is 5.11 Å². The van der Waals surface area contributed by atoms with Crippen molar-refractivity contribution < 1.29 is 14.3 Å². The molecule has 0 bridgehead atoms. The molecule has 0 saturated heterocycles. The van der Waals surface area contributed by atoms with Crippen LogP contribution in [0.3, 0.4) is 0 Å². The molecule has 1 aromatic heterocycles. The van der Waals surface area contributed by atoms with Crippen molar-refractivity contribution in [2.45, 2.75) is 54.9 Å². The maximum atomic E-state index is 9.70. The number of oxazole rings is 1. The Morgan fingerprint density at radius 1 is 0.929 bits per heavy atom. The summed E-state index contributed by atoms with van der Waals surface area (Å²) in [7, 11) is 0. The van der Waals surface area contributed by atoms with E-state index in [1.165, 1.54) is 5.56 Å². The zero-order chi connectivity index (χ0) is 21.1. The van der Waals surface area contributed by atoms with Crippen LogP contribution in [0.25, 0.3) is 11.5 Å². The van der Waals surface area contributed by atoms with Crippen molar-refractivity contribution in [1.82, 2.24) is 4.98 Å². The molecule has 3 aromatic rings. The summed E-state index contributed by atoms with van der Waals surface area (Å²) in [6.45, 7) is 14.3. The van der Waals surface area contributed by atoms with Crippen LogP contribution in [0.5, 0.6) is 11.5 Å². The number of ether oxygens (including phenoxy) is 1. The molecule has 0 spiro atoms. The number of benzene rings is 2. The summed E-state index contributed by atoms with van der Waals surface area (Å²) in [5, 5.41) is 9.70. The van der Waals surface area contributed by atoms with E-state index >= 15 is 0 Å². The van der Waals surface area contributed by atoms with Crippen LogP contribution in [0.15, 0.2) is 46.9 Å². The molecular formula is C24H33NO3. The van der Waals surface area contributed by atoms with Crippen molar-refractivity contribution in [2.75, 3.05) is 6.61 Å². The van der Waals surface area contributed by atoms with Crippen LogP contribution in [0, 0.1) is 20.8 Å². The maximum Gasteiger partial charge on any atom is 0.226 e. The fourth-order valence-corrected chi connectivity index (χ4v) is 2.42. The molecule has 0 amide bonds. The first-order valence-corrected chi connectivity index (χ1v) is 9.98. The third-order valence-corrected chi connectivity index (χ3v) is 3.98. The molecule has 28 heavy (non-hydrogen) atoms. The minimum absolute atomic E-state index is 0.242. The predicted molar refractivity (Wildman–Crippen MR) is 116 cm³/mol. The number of hydrogen-bond acceptors (Lipinski definition) is 4. The average molecular weight is 384 g/mol. The van der Waals surface area contributed by atoms with E-state index in [4.69, 9.17) is 9.15 Å². The highest BCUT2D eigenvalue weighted by molar-refractivity contribution is 5.54. The zero-order valence-electron chi connectivity index (χ0n) is 18.2. The highest BCUT2D eigenvalue weighted by atomic mass is 16.5. The minimum atomic E-state index is 0.242. The molecular weight excluding hydrogens is 350 g/mol. The smallest absolute Gasteiger partial charge is 0.226 e. The highest BCUT2D eigenvalue weighted by Gasteiger charge is 2.11. The lowest BCUT2D eigenvalue weighted by Crippen LogP contribution is -2.02. The van der Waals surface area contributed by atoms with E-state index in [1.54, 1.807) is 6.07 Å². The summed E-state index contributed by atoms with van der Waals surface area (Å²) >= 11 is 0. The van der Waals surface area contributed by atoms with Gasteiger partial charge in [-0.05, 0) is 44.5 Å². The lowest BCUT2D eigenvalue weighted by molar-refractivity contribution is 0.317. The number of aromatic nitrogens is 1. The number of aromatic hydroxyl groups is 1. The first kappa shape index (κ1) is 23.3. The van der Waals surface area contributed by atoms with Gasteiger partial charge in [-0.3, -0.25) is 0 Å². The second kappa shape index (κ2) is 11.9. The number of hydrogen-bond donors (Lipinski definition) is 1. The lowest BCUT2D eigenvalue weighted by atomic mass is 10.1. The fourth-order valence-electron chi connectivity index (χ4n) is 2.42. The maximum absolute atomic E-state index is 9.70. The summed E-state index contributed by atoms with van der Waals surface area (Å²) in [5.74, 6) is 2.33. The van der Waals surface area contributed by atoms with E-state index < -0.39 is 0 Å². The third-order valence-electron chi connectivity index (χ3n) is 3.98. The largest absolute Gasteiger partial charge is 0.508 e. The summed E-state index contributed by atoms with van der Waals surface area (Å²) in [4.78, 5) is 4.58. The monoisotopic (exact) mass is 383 g/mol. The van der Waals surface area contributed by atoms with Gasteiger partial charge in [0.05, 0.1) is 12.3 Å². The van der Waals surface area contributed by atoms with E-state index in [-0.39, 0.29) is 5.75 Å². The second-order valence-electron chi connectivity index (χ2n) is 5.93. The van der Waals surface area contributed by atoms with Crippen LogP contribution in [0.1, 0.15) is 50.3 Å². The Morgan fingerprint density at radius 2 is 1.57 bits per heavy atom. The number of phenols is 1. The van der Waals surface area contributed by atoms with E-state index in [1.807, 2.05) is 77.9 Å². The van der Waals surface area contributed by atoms with Gasteiger partial charge in [0.25, 0.3) is 0 Å². The van der Waals surface area contributed by atoms with Gasteiger partial charge in [-0.15, -0.1) is 0 Å². The second-order valence-corrected chi connectivity index (χ2v) is 5.93. The van der Waals surface area contributed by atoms with Crippen molar-refractivity contribution in [1.29, 1.82) is 0 Å². The molecule has 0 unspecified atom stereocenters. The predicted octanol–water partition coefficient (Wildman–Crippen LogP) is 6.65. The molecule has 152 valence electrons. The first-order chi connectivity index (χ1) is 13.5. The molecule has 0 fully saturated rings. The van der Waals surface area contributed by atoms with Crippen LogP contribution in [0.2, 0.25) is 0 Å².